The minimum absolute atomic E-state index is 0.120. The van der Waals surface area contributed by atoms with Crippen LogP contribution in [0.5, 0.6) is 0 Å². The molecule has 0 unspecified atom stereocenters. The molecule has 0 aromatic heterocycles. The molecule has 4 N–H and O–H groups in total. The smallest absolute Gasteiger partial charge is 0.251 e. The Hall–Kier alpha value is -1.72. The summed E-state index contributed by atoms with van der Waals surface area (Å²) in [7, 11) is 0. The molecular weight excluding hydrogens is 280 g/mol. The molecule has 0 spiro atoms. The van der Waals surface area contributed by atoms with Crippen molar-refractivity contribution in [2.45, 2.75) is 51.8 Å². The minimum Gasteiger partial charge on any atom is -0.382 e. The van der Waals surface area contributed by atoms with Crippen molar-refractivity contribution in [2.24, 2.45) is 11.7 Å². The predicted molar refractivity (Wildman–Crippen MR) is 86.2 cm³/mol. The van der Waals surface area contributed by atoms with Gasteiger partial charge in [0.15, 0.2) is 5.78 Å². The molecule has 1 aromatic carbocycles. The number of nitrogens with two attached hydrogens (primary N) is 1. The number of hydrogen-bond acceptors (Lipinski definition) is 4. The van der Waals surface area contributed by atoms with Gasteiger partial charge in [0.05, 0.1) is 6.04 Å². The Labute approximate surface area is 131 Å². The Kier molecular flexibility index (Phi) is 7.21. The molecule has 0 radical (unpaired) electrons. The molecule has 0 aliphatic rings. The highest BCUT2D eigenvalue weighted by molar-refractivity contribution is 5.89. The van der Waals surface area contributed by atoms with E-state index < -0.39 is 24.1 Å². The van der Waals surface area contributed by atoms with Gasteiger partial charge in [-0.05, 0) is 31.2 Å². The number of hydrogen-bond donors (Lipinski definition) is 3. The second kappa shape index (κ2) is 8.66. The fraction of sp³-hybridized carbons (Fsp3) is 0.529. The van der Waals surface area contributed by atoms with E-state index in [1.165, 1.54) is 6.92 Å². The van der Waals surface area contributed by atoms with E-state index in [2.05, 4.69) is 5.32 Å². The van der Waals surface area contributed by atoms with E-state index >= 15 is 0 Å². The summed E-state index contributed by atoms with van der Waals surface area (Å²) in [4.78, 5) is 23.6. The van der Waals surface area contributed by atoms with Crippen LogP contribution in [0.25, 0.3) is 0 Å². The topological polar surface area (TPSA) is 92.4 Å². The minimum atomic E-state index is -1.34. The second-order valence-corrected chi connectivity index (χ2v) is 6.10. The molecule has 1 rings (SSSR count). The van der Waals surface area contributed by atoms with Crippen molar-refractivity contribution in [1.29, 1.82) is 0 Å². The lowest BCUT2D eigenvalue weighted by Gasteiger charge is -2.23. The van der Waals surface area contributed by atoms with Crippen molar-refractivity contribution in [3.8, 4) is 0 Å². The molecule has 3 atom stereocenters. The van der Waals surface area contributed by atoms with Crippen LogP contribution < -0.4 is 11.1 Å². The van der Waals surface area contributed by atoms with Gasteiger partial charge in [-0.2, -0.15) is 0 Å². The number of ketones is 1. The van der Waals surface area contributed by atoms with Gasteiger partial charge in [-0.25, -0.2) is 0 Å². The van der Waals surface area contributed by atoms with Crippen molar-refractivity contribution in [3.05, 3.63) is 35.9 Å². The molecule has 5 heteroatoms. The molecule has 122 valence electrons. The number of nitrogens with one attached hydrogen (secondary N) is 1. The van der Waals surface area contributed by atoms with E-state index in [1.807, 2.05) is 44.2 Å². The molecule has 0 aliphatic carbocycles. The van der Waals surface area contributed by atoms with E-state index in [1.54, 1.807) is 0 Å². The third-order valence-electron chi connectivity index (χ3n) is 3.50. The maximum Gasteiger partial charge on any atom is 0.251 e. The maximum atomic E-state index is 12.1. The first kappa shape index (κ1) is 18.3. The number of carbonyl (C=O) groups is 2. The summed E-state index contributed by atoms with van der Waals surface area (Å²) < 4.78 is 0. The molecule has 0 aliphatic heterocycles. The van der Waals surface area contributed by atoms with Crippen LogP contribution in [0, 0.1) is 5.92 Å². The Morgan fingerprint density at radius 2 is 1.82 bits per heavy atom. The molecule has 0 fully saturated rings. The highest BCUT2D eigenvalue weighted by Gasteiger charge is 2.27. The van der Waals surface area contributed by atoms with Gasteiger partial charge >= 0.3 is 0 Å². The number of benzene rings is 1. The lowest BCUT2D eigenvalue weighted by Crippen LogP contribution is -2.51. The van der Waals surface area contributed by atoms with Crippen LogP contribution in [-0.2, 0) is 16.0 Å². The molecule has 0 bridgehead atoms. The zero-order valence-electron chi connectivity index (χ0n) is 13.5. The highest BCUT2D eigenvalue weighted by atomic mass is 16.3. The Bertz CT molecular complexity index is 488. The van der Waals surface area contributed by atoms with Gasteiger partial charge in [0.25, 0.3) is 5.91 Å². The SMILES string of the molecule is CC(=O)[C@@H](CC(C)C)NC(=O)[C@H](O)[C@@H](N)Cc1ccccc1. The van der Waals surface area contributed by atoms with Crippen LogP contribution in [0.15, 0.2) is 30.3 Å². The standard InChI is InChI=1S/C17H26N2O3/c1-11(2)9-15(12(3)20)19-17(22)16(21)14(18)10-13-7-5-4-6-8-13/h4-8,11,14-16,21H,9-10,18H2,1-3H3,(H,19,22)/t14-,15+,16+/m0/s1. The summed E-state index contributed by atoms with van der Waals surface area (Å²) in [5, 5.41) is 12.7. The normalized spacial score (nSPS) is 15.2. The largest absolute Gasteiger partial charge is 0.382 e. The molecule has 1 amide bonds. The molecule has 22 heavy (non-hydrogen) atoms. The van der Waals surface area contributed by atoms with Crippen LogP contribution in [0.2, 0.25) is 0 Å². The van der Waals surface area contributed by atoms with Gasteiger partial charge in [-0.3, -0.25) is 9.59 Å². The fourth-order valence-corrected chi connectivity index (χ4v) is 2.25. The van der Waals surface area contributed by atoms with Crippen LogP contribution in [0.4, 0.5) is 0 Å². The summed E-state index contributed by atoms with van der Waals surface area (Å²) in [6.07, 6.45) is -0.402. The second-order valence-electron chi connectivity index (χ2n) is 6.10. The van der Waals surface area contributed by atoms with E-state index in [0.717, 1.165) is 5.56 Å². The third kappa shape index (κ3) is 5.95. The number of amides is 1. The summed E-state index contributed by atoms with van der Waals surface area (Å²) >= 11 is 0. The summed E-state index contributed by atoms with van der Waals surface area (Å²) in [6.45, 7) is 5.38. The number of rotatable bonds is 8. The lowest BCUT2D eigenvalue weighted by atomic mass is 9.98. The maximum absolute atomic E-state index is 12.1. The number of Topliss-reactive ketones (excluding diaryl/α,β-unsaturated/α-hetero) is 1. The van der Waals surface area contributed by atoms with Gasteiger partial charge in [0, 0.05) is 6.04 Å². The number of aliphatic hydroxyl groups excluding tert-OH is 1. The van der Waals surface area contributed by atoms with E-state index in [9.17, 15) is 14.7 Å². The van der Waals surface area contributed by atoms with Gasteiger partial charge in [-0.1, -0.05) is 44.2 Å². The molecular formula is C17H26N2O3. The first-order valence-corrected chi connectivity index (χ1v) is 7.59. The molecule has 0 saturated heterocycles. The van der Waals surface area contributed by atoms with Gasteiger partial charge < -0.3 is 16.2 Å². The van der Waals surface area contributed by atoms with Crippen LogP contribution >= 0.6 is 0 Å². The van der Waals surface area contributed by atoms with Crippen LogP contribution in [0.1, 0.15) is 32.8 Å². The number of aliphatic hydroxyl groups is 1. The lowest BCUT2D eigenvalue weighted by molar-refractivity contribution is -0.134. The van der Waals surface area contributed by atoms with Crippen molar-refractivity contribution in [2.75, 3.05) is 0 Å². The molecule has 5 nitrogen and oxygen atoms in total. The molecule has 0 heterocycles. The van der Waals surface area contributed by atoms with Crippen LogP contribution in [-0.4, -0.2) is 35.0 Å². The monoisotopic (exact) mass is 306 g/mol. The zero-order valence-corrected chi connectivity index (χ0v) is 13.5. The fourth-order valence-electron chi connectivity index (χ4n) is 2.25. The Balaban J connectivity index is 2.61. The quantitative estimate of drug-likeness (QED) is 0.669. The Morgan fingerprint density at radius 1 is 1.23 bits per heavy atom. The predicted octanol–water partition coefficient (Wildman–Crippen LogP) is 1.04. The summed E-state index contributed by atoms with van der Waals surface area (Å²) in [5.74, 6) is -0.445. The first-order valence-electron chi connectivity index (χ1n) is 7.59. The Morgan fingerprint density at radius 3 is 2.32 bits per heavy atom. The van der Waals surface area contributed by atoms with Gasteiger partial charge in [-0.15, -0.1) is 0 Å². The zero-order chi connectivity index (χ0) is 16.7. The number of carbonyl (C=O) groups excluding carboxylic acids is 2. The van der Waals surface area contributed by atoms with Gasteiger partial charge in [0.1, 0.15) is 6.10 Å². The van der Waals surface area contributed by atoms with E-state index in [4.69, 9.17) is 5.73 Å². The van der Waals surface area contributed by atoms with Crippen molar-refractivity contribution >= 4 is 11.7 Å². The summed E-state index contributed by atoms with van der Waals surface area (Å²) in [5.41, 5.74) is 6.86. The van der Waals surface area contributed by atoms with Crippen molar-refractivity contribution in [3.63, 3.8) is 0 Å². The third-order valence-corrected chi connectivity index (χ3v) is 3.50. The highest BCUT2D eigenvalue weighted by Crippen LogP contribution is 2.08. The molecule has 0 saturated carbocycles. The molecule has 1 aromatic rings. The average Bonchev–Trinajstić information content (AvgIpc) is 2.46. The van der Waals surface area contributed by atoms with Crippen LogP contribution in [0.3, 0.4) is 0 Å². The van der Waals surface area contributed by atoms with Crippen molar-refractivity contribution < 1.29 is 14.7 Å². The first-order chi connectivity index (χ1) is 10.3. The summed E-state index contributed by atoms with van der Waals surface area (Å²) in [6, 6.07) is 8.14. The van der Waals surface area contributed by atoms with E-state index in [-0.39, 0.29) is 11.7 Å². The van der Waals surface area contributed by atoms with Crippen molar-refractivity contribution in [1.82, 2.24) is 5.32 Å². The van der Waals surface area contributed by atoms with Gasteiger partial charge in [0.2, 0.25) is 0 Å². The average molecular weight is 306 g/mol. The van der Waals surface area contributed by atoms with E-state index in [0.29, 0.717) is 12.8 Å².